The molecule has 0 atom stereocenters. The molecule has 7 heteroatoms. The maximum absolute atomic E-state index is 14.0. The van der Waals surface area contributed by atoms with Crippen molar-refractivity contribution in [1.29, 1.82) is 0 Å². The molecule has 3 aliphatic rings. The van der Waals surface area contributed by atoms with Gasteiger partial charge in [-0.2, -0.15) is 0 Å². The number of carbonyl (C=O) groups excluding carboxylic acids is 3. The first kappa shape index (κ1) is 17.9. The molecule has 144 valence electrons. The van der Waals surface area contributed by atoms with E-state index in [9.17, 15) is 18.8 Å². The Kier molecular flexibility index (Phi) is 4.61. The van der Waals surface area contributed by atoms with Crippen molar-refractivity contribution in [2.75, 3.05) is 6.54 Å². The van der Waals surface area contributed by atoms with Gasteiger partial charge in [-0.1, -0.05) is 31.0 Å². The molecule has 4 rings (SSSR count). The first-order valence-electron chi connectivity index (χ1n) is 9.67. The maximum atomic E-state index is 14.0. The molecule has 4 amide bonds. The van der Waals surface area contributed by atoms with Crippen LogP contribution < -0.4 is 5.32 Å². The zero-order valence-corrected chi connectivity index (χ0v) is 15.2. The van der Waals surface area contributed by atoms with Crippen molar-refractivity contribution < 1.29 is 18.8 Å². The van der Waals surface area contributed by atoms with Gasteiger partial charge in [-0.15, -0.1) is 0 Å². The molecule has 1 N–H and O–H groups in total. The predicted molar refractivity (Wildman–Crippen MR) is 96.0 cm³/mol. The van der Waals surface area contributed by atoms with E-state index >= 15 is 0 Å². The van der Waals surface area contributed by atoms with Crippen LogP contribution in [0.15, 0.2) is 24.3 Å². The summed E-state index contributed by atoms with van der Waals surface area (Å²) in [6.45, 7) is 0.298. The number of hydrogen-bond donors (Lipinski definition) is 1. The lowest BCUT2D eigenvalue weighted by Gasteiger charge is -2.24. The number of hydrogen-bond acceptors (Lipinski definition) is 3. The second kappa shape index (κ2) is 6.94. The van der Waals surface area contributed by atoms with E-state index in [2.05, 4.69) is 5.32 Å². The SMILES string of the molecule is O=C1NC2(CCCC2)C(=O)N1CCC(=O)N(Cc1ccccc1F)C1CC1. The molecule has 1 aromatic carbocycles. The highest BCUT2D eigenvalue weighted by Gasteiger charge is 2.52. The normalized spacial score (nSPS) is 21.0. The van der Waals surface area contributed by atoms with Crippen molar-refractivity contribution in [3.05, 3.63) is 35.6 Å². The predicted octanol–water partition coefficient (Wildman–Crippen LogP) is 2.57. The monoisotopic (exact) mass is 373 g/mol. The van der Waals surface area contributed by atoms with Gasteiger partial charge in [0.25, 0.3) is 5.91 Å². The first-order chi connectivity index (χ1) is 13.0. The van der Waals surface area contributed by atoms with Crippen LogP contribution in [0.25, 0.3) is 0 Å². The summed E-state index contributed by atoms with van der Waals surface area (Å²) in [6, 6.07) is 6.17. The van der Waals surface area contributed by atoms with E-state index in [0.29, 0.717) is 18.4 Å². The quantitative estimate of drug-likeness (QED) is 0.779. The molecule has 1 heterocycles. The maximum Gasteiger partial charge on any atom is 0.325 e. The van der Waals surface area contributed by atoms with Crippen LogP contribution in [0.5, 0.6) is 0 Å². The molecule has 1 saturated heterocycles. The second-order valence-electron chi connectivity index (χ2n) is 7.77. The molecule has 2 saturated carbocycles. The summed E-state index contributed by atoms with van der Waals surface area (Å²) < 4.78 is 14.0. The smallest absolute Gasteiger partial charge is 0.325 e. The van der Waals surface area contributed by atoms with Gasteiger partial charge in [0.05, 0.1) is 0 Å². The van der Waals surface area contributed by atoms with Gasteiger partial charge in [0.2, 0.25) is 5.91 Å². The van der Waals surface area contributed by atoms with Crippen LogP contribution in [0.2, 0.25) is 0 Å². The third-order valence-electron chi connectivity index (χ3n) is 5.86. The minimum Gasteiger partial charge on any atom is -0.335 e. The molecule has 1 spiro atoms. The molecule has 3 fully saturated rings. The fourth-order valence-electron chi connectivity index (χ4n) is 4.17. The van der Waals surface area contributed by atoms with Crippen molar-refractivity contribution in [3.63, 3.8) is 0 Å². The van der Waals surface area contributed by atoms with E-state index in [-0.39, 0.29) is 43.2 Å². The lowest BCUT2D eigenvalue weighted by molar-refractivity contribution is -0.134. The molecular formula is C20H24FN3O3. The van der Waals surface area contributed by atoms with Crippen molar-refractivity contribution in [1.82, 2.24) is 15.1 Å². The average Bonchev–Trinajstić information content (AvgIpc) is 3.33. The molecule has 0 unspecified atom stereocenters. The first-order valence-corrected chi connectivity index (χ1v) is 9.67. The Hall–Kier alpha value is -2.44. The Labute approximate surface area is 157 Å². The van der Waals surface area contributed by atoms with Gasteiger partial charge in [0.1, 0.15) is 11.4 Å². The third-order valence-corrected chi connectivity index (χ3v) is 5.86. The molecule has 27 heavy (non-hydrogen) atoms. The molecule has 2 aliphatic carbocycles. The van der Waals surface area contributed by atoms with Crippen molar-refractivity contribution in [2.24, 2.45) is 0 Å². The Morgan fingerprint density at radius 2 is 1.93 bits per heavy atom. The Morgan fingerprint density at radius 3 is 2.59 bits per heavy atom. The van der Waals surface area contributed by atoms with Gasteiger partial charge in [0, 0.05) is 31.1 Å². The Balaban J connectivity index is 1.39. The highest BCUT2D eigenvalue weighted by Crippen LogP contribution is 2.35. The summed E-state index contributed by atoms with van der Waals surface area (Å²) in [5.74, 6) is -0.674. The summed E-state index contributed by atoms with van der Waals surface area (Å²) in [7, 11) is 0. The molecular weight excluding hydrogens is 349 g/mol. The summed E-state index contributed by atoms with van der Waals surface area (Å²) in [6.07, 6.45) is 5.08. The van der Waals surface area contributed by atoms with Gasteiger partial charge in [-0.05, 0) is 31.7 Å². The van der Waals surface area contributed by atoms with E-state index in [4.69, 9.17) is 0 Å². The number of amides is 4. The topological polar surface area (TPSA) is 69.7 Å². The van der Waals surface area contributed by atoms with E-state index < -0.39 is 11.6 Å². The average molecular weight is 373 g/mol. The van der Waals surface area contributed by atoms with Crippen molar-refractivity contribution in [2.45, 2.75) is 63.1 Å². The highest BCUT2D eigenvalue weighted by atomic mass is 19.1. The van der Waals surface area contributed by atoms with E-state index in [1.165, 1.54) is 11.0 Å². The number of nitrogens with one attached hydrogen (secondary N) is 1. The van der Waals surface area contributed by atoms with Gasteiger partial charge >= 0.3 is 6.03 Å². The Morgan fingerprint density at radius 1 is 1.22 bits per heavy atom. The number of rotatable bonds is 6. The zero-order valence-electron chi connectivity index (χ0n) is 15.2. The number of carbonyl (C=O) groups is 3. The standard InChI is InChI=1S/C20H24FN3O3/c21-16-6-2-1-5-14(16)13-24(15-7-8-15)17(25)9-12-23-18(26)20(22-19(23)27)10-3-4-11-20/h1-2,5-6,15H,3-4,7-13H2,(H,22,27). The Bertz CT molecular complexity index is 771. The van der Waals surface area contributed by atoms with E-state index in [0.717, 1.165) is 25.7 Å². The van der Waals surface area contributed by atoms with Crippen molar-refractivity contribution >= 4 is 17.8 Å². The summed E-state index contributed by atoms with van der Waals surface area (Å²) >= 11 is 0. The zero-order chi connectivity index (χ0) is 19.0. The largest absolute Gasteiger partial charge is 0.335 e. The van der Waals surface area contributed by atoms with Gasteiger partial charge < -0.3 is 10.2 Å². The molecule has 1 aromatic rings. The van der Waals surface area contributed by atoms with Crippen LogP contribution in [-0.2, 0) is 16.1 Å². The van der Waals surface area contributed by atoms with Crippen LogP contribution in [0.3, 0.4) is 0 Å². The lowest BCUT2D eigenvalue weighted by Crippen LogP contribution is -2.44. The number of benzene rings is 1. The lowest BCUT2D eigenvalue weighted by atomic mass is 9.98. The summed E-state index contributed by atoms with van der Waals surface area (Å²) in [5, 5.41) is 2.83. The van der Waals surface area contributed by atoms with Crippen LogP contribution in [0.1, 0.15) is 50.5 Å². The van der Waals surface area contributed by atoms with Gasteiger partial charge in [-0.25, -0.2) is 9.18 Å². The molecule has 1 aliphatic heterocycles. The van der Waals surface area contributed by atoms with E-state index in [1.807, 2.05) is 0 Å². The molecule has 0 bridgehead atoms. The van der Waals surface area contributed by atoms with Gasteiger partial charge in [-0.3, -0.25) is 14.5 Å². The van der Waals surface area contributed by atoms with Crippen LogP contribution in [-0.4, -0.2) is 45.8 Å². The van der Waals surface area contributed by atoms with Crippen molar-refractivity contribution in [3.8, 4) is 0 Å². The van der Waals surface area contributed by atoms with E-state index in [1.54, 1.807) is 23.1 Å². The minimum absolute atomic E-state index is 0.0696. The molecule has 0 radical (unpaired) electrons. The molecule has 0 aromatic heterocycles. The second-order valence-corrected chi connectivity index (χ2v) is 7.77. The fourth-order valence-corrected chi connectivity index (χ4v) is 4.17. The number of nitrogens with zero attached hydrogens (tertiary/aromatic N) is 2. The highest BCUT2D eigenvalue weighted by molar-refractivity contribution is 6.07. The van der Waals surface area contributed by atoms with Crippen LogP contribution in [0, 0.1) is 5.82 Å². The summed E-state index contributed by atoms with van der Waals surface area (Å²) in [4.78, 5) is 40.5. The van der Waals surface area contributed by atoms with Gasteiger partial charge in [0.15, 0.2) is 0 Å². The van der Waals surface area contributed by atoms with Crippen LogP contribution in [0.4, 0.5) is 9.18 Å². The fraction of sp³-hybridized carbons (Fsp3) is 0.550. The number of halogens is 1. The van der Waals surface area contributed by atoms with Crippen LogP contribution >= 0.6 is 0 Å². The number of imide groups is 1. The molecule has 6 nitrogen and oxygen atoms in total. The summed E-state index contributed by atoms with van der Waals surface area (Å²) in [5.41, 5.74) is -0.263. The third kappa shape index (κ3) is 3.42. The minimum atomic E-state index is -0.747. The number of urea groups is 1.